The average molecular weight is 282 g/mol. The molecular weight excluding hydrogens is 256 g/mol. The van der Waals surface area contributed by atoms with Gasteiger partial charge in [0.2, 0.25) is 5.13 Å². The summed E-state index contributed by atoms with van der Waals surface area (Å²) in [6.45, 7) is 12.3. The third kappa shape index (κ3) is 3.89. The molecule has 1 aromatic rings. The first-order chi connectivity index (χ1) is 9.10. The van der Waals surface area contributed by atoms with Gasteiger partial charge in [0.1, 0.15) is 5.01 Å². The van der Waals surface area contributed by atoms with Crippen LogP contribution < -0.4 is 5.32 Å². The largest absolute Gasteiger partial charge is 0.360 e. The van der Waals surface area contributed by atoms with Crippen molar-refractivity contribution in [2.45, 2.75) is 53.1 Å². The van der Waals surface area contributed by atoms with E-state index in [1.165, 1.54) is 13.0 Å². The van der Waals surface area contributed by atoms with Gasteiger partial charge in [0.15, 0.2) is 0 Å². The Labute approximate surface area is 120 Å². The smallest absolute Gasteiger partial charge is 0.205 e. The van der Waals surface area contributed by atoms with Crippen LogP contribution in [0.1, 0.15) is 45.5 Å². The first-order valence-corrected chi connectivity index (χ1v) is 8.22. The van der Waals surface area contributed by atoms with Gasteiger partial charge in [-0.1, -0.05) is 32.1 Å². The highest BCUT2D eigenvalue weighted by molar-refractivity contribution is 7.15. The molecule has 0 saturated carbocycles. The van der Waals surface area contributed by atoms with Crippen LogP contribution in [0.2, 0.25) is 0 Å². The number of piperidine rings is 1. The summed E-state index contributed by atoms with van der Waals surface area (Å²) in [5.41, 5.74) is 0. The maximum atomic E-state index is 4.31. The monoisotopic (exact) mass is 282 g/mol. The van der Waals surface area contributed by atoms with Gasteiger partial charge in [0.25, 0.3) is 0 Å². The minimum absolute atomic E-state index is 0.646. The molecule has 1 aliphatic heterocycles. The quantitative estimate of drug-likeness (QED) is 0.900. The molecule has 1 fully saturated rings. The van der Waals surface area contributed by atoms with Crippen LogP contribution in [-0.2, 0) is 6.54 Å². The molecule has 0 aromatic carbocycles. The Kier molecular flexibility index (Phi) is 5.16. The van der Waals surface area contributed by atoms with E-state index in [0.717, 1.165) is 41.5 Å². The first kappa shape index (κ1) is 14.7. The van der Waals surface area contributed by atoms with Crippen LogP contribution in [0.15, 0.2) is 0 Å². The standard InChI is InChI=1S/C14H26N4S/c1-5-6-15-14-17-16-13(19-14)9-18-8-10(2)7-11(3)12(18)4/h10-12H,5-9H2,1-4H3,(H,15,17). The van der Waals surface area contributed by atoms with Gasteiger partial charge >= 0.3 is 0 Å². The summed E-state index contributed by atoms with van der Waals surface area (Å²) < 4.78 is 0. The molecule has 0 aliphatic carbocycles. The molecule has 2 rings (SSSR count). The molecule has 3 unspecified atom stereocenters. The van der Waals surface area contributed by atoms with Crippen LogP contribution in [0, 0.1) is 11.8 Å². The minimum atomic E-state index is 0.646. The van der Waals surface area contributed by atoms with Crippen molar-refractivity contribution in [3.05, 3.63) is 5.01 Å². The lowest BCUT2D eigenvalue weighted by atomic mass is 9.86. The molecule has 2 heterocycles. The van der Waals surface area contributed by atoms with E-state index in [1.807, 2.05) is 0 Å². The van der Waals surface area contributed by atoms with Gasteiger partial charge in [0.05, 0.1) is 6.54 Å². The zero-order valence-corrected chi connectivity index (χ0v) is 13.3. The molecule has 108 valence electrons. The van der Waals surface area contributed by atoms with Crippen LogP contribution in [0.4, 0.5) is 5.13 Å². The van der Waals surface area contributed by atoms with E-state index in [9.17, 15) is 0 Å². The molecule has 0 radical (unpaired) electrons. The normalized spacial score (nSPS) is 28.5. The Morgan fingerprint density at radius 3 is 2.84 bits per heavy atom. The predicted octanol–water partition coefficient (Wildman–Crippen LogP) is 3.23. The Bertz CT molecular complexity index is 393. The minimum Gasteiger partial charge on any atom is -0.360 e. The van der Waals surface area contributed by atoms with Gasteiger partial charge in [-0.25, -0.2) is 0 Å². The lowest BCUT2D eigenvalue weighted by Crippen LogP contribution is -2.45. The zero-order valence-electron chi connectivity index (χ0n) is 12.5. The summed E-state index contributed by atoms with van der Waals surface area (Å²) in [5, 5.41) is 13.9. The highest BCUT2D eigenvalue weighted by Crippen LogP contribution is 2.29. The van der Waals surface area contributed by atoms with Crippen molar-refractivity contribution in [3.63, 3.8) is 0 Å². The molecule has 19 heavy (non-hydrogen) atoms. The Morgan fingerprint density at radius 2 is 2.11 bits per heavy atom. The fourth-order valence-corrected chi connectivity index (χ4v) is 3.63. The number of aromatic nitrogens is 2. The number of nitrogens with zero attached hydrogens (tertiary/aromatic N) is 3. The number of likely N-dealkylation sites (tertiary alicyclic amines) is 1. The number of nitrogens with one attached hydrogen (secondary N) is 1. The second-order valence-corrected chi connectivity index (χ2v) is 6.98. The van der Waals surface area contributed by atoms with E-state index in [1.54, 1.807) is 11.3 Å². The van der Waals surface area contributed by atoms with E-state index in [-0.39, 0.29) is 0 Å². The van der Waals surface area contributed by atoms with Gasteiger partial charge < -0.3 is 5.32 Å². The molecule has 3 atom stereocenters. The van der Waals surface area contributed by atoms with Crippen LogP contribution in [0.3, 0.4) is 0 Å². The maximum absolute atomic E-state index is 4.31. The van der Waals surface area contributed by atoms with Crippen molar-refractivity contribution in [1.29, 1.82) is 0 Å². The second-order valence-electron chi connectivity index (χ2n) is 5.92. The molecule has 5 heteroatoms. The topological polar surface area (TPSA) is 41.1 Å². The fraction of sp³-hybridized carbons (Fsp3) is 0.857. The van der Waals surface area contributed by atoms with Crippen molar-refractivity contribution in [2.75, 3.05) is 18.4 Å². The highest BCUT2D eigenvalue weighted by atomic mass is 32.1. The molecule has 1 N–H and O–H groups in total. The number of rotatable bonds is 5. The summed E-state index contributed by atoms with van der Waals surface area (Å²) >= 11 is 1.70. The maximum Gasteiger partial charge on any atom is 0.205 e. The van der Waals surface area contributed by atoms with Crippen molar-refractivity contribution in [1.82, 2.24) is 15.1 Å². The van der Waals surface area contributed by atoms with Gasteiger partial charge in [-0.2, -0.15) is 0 Å². The summed E-state index contributed by atoms with van der Waals surface area (Å²) in [6, 6.07) is 0.646. The number of anilines is 1. The predicted molar refractivity (Wildman–Crippen MR) is 81.5 cm³/mol. The average Bonchev–Trinajstić information content (AvgIpc) is 2.80. The van der Waals surface area contributed by atoms with Gasteiger partial charge in [-0.15, -0.1) is 10.2 Å². The molecule has 1 aliphatic rings. The summed E-state index contributed by atoms with van der Waals surface area (Å²) in [5.74, 6) is 1.56. The summed E-state index contributed by atoms with van der Waals surface area (Å²) in [6.07, 6.45) is 2.46. The Balaban J connectivity index is 1.94. The van der Waals surface area contributed by atoms with E-state index in [0.29, 0.717) is 6.04 Å². The van der Waals surface area contributed by atoms with Crippen LogP contribution in [-0.4, -0.2) is 34.2 Å². The van der Waals surface area contributed by atoms with E-state index < -0.39 is 0 Å². The molecule has 0 spiro atoms. The summed E-state index contributed by atoms with van der Waals surface area (Å²) in [4.78, 5) is 2.56. The fourth-order valence-electron chi connectivity index (χ4n) is 2.84. The second kappa shape index (κ2) is 6.66. The third-order valence-electron chi connectivity index (χ3n) is 4.05. The SMILES string of the molecule is CCCNc1nnc(CN2CC(C)CC(C)C2C)s1. The lowest BCUT2D eigenvalue weighted by molar-refractivity contribution is 0.0727. The van der Waals surface area contributed by atoms with Gasteiger partial charge in [-0.3, -0.25) is 4.90 Å². The van der Waals surface area contributed by atoms with E-state index in [2.05, 4.69) is 48.1 Å². The third-order valence-corrected chi connectivity index (χ3v) is 4.92. The molecule has 1 saturated heterocycles. The molecule has 4 nitrogen and oxygen atoms in total. The molecule has 0 bridgehead atoms. The van der Waals surface area contributed by atoms with Crippen LogP contribution in [0.25, 0.3) is 0 Å². The van der Waals surface area contributed by atoms with E-state index in [4.69, 9.17) is 0 Å². The van der Waals surface area contributed by atoms with Crippen molar-refractivity contribution in [3.8, 4) is 0 Å². The van der Waals surface area contributed by atoms with Crippen molar-refractivity contribution in [2.24, 2.45) is 11.8 Å². The lowest BCUT2D eigenvalue weighted by Gasteiger charge is -2.40. The first-order valence-electron chi connectivity index (χ1n) is 7.40. The van der Waals surface area contributed by atoms with Crippen molar-refractivity contribution >= 4 is 16.5 Å². The molecule has 1 aromatic heterocycles. The van der Waals surface area contributed by atoms with Crippen molar-refractivity contribution < 1.29 is 0 Å². The molecule has 0 amide bonds. The molecular formula is C14H26N4S. The Hall–Kier alpha value is -0.680. The van der Waals surface area contributed by atoms with Gasteiger partial charge in [-0.05, 0) is 31.6 Å². The summed E-state index contributed by atoms with van der Waals surface area (Å²) in [7, 11) is 0. The highest BCUT2D eigenvalue weighted by Gasteiger charge is 2.29. The Morgan fingerprint density at radius 1 is 1.32 bits per heavy atom. The van der Waals surface area contributed by atoms with E-state index >= 15 is 0 Å². The zero-order chi connectivity index (χ0) is 13.8. The van der Waals surface area contributed by atoms with Crippen LogP contribution in [0.5, 0.6) is 0 Å². The van der Waals surface area contributed by atoms with Crippen LogP contribution >= 0.6 is 11.3 Å². The van der Waals surface area contributed by atoms with Gasteiger partial charge in [0, 0.05) is 19.1 Å². The number of hydrogen-bond donors (Lipinski definition) is 1. The number of hydrogen-bond acceptors (Lipinski definition) is 5.